The van der Waals surface area contributed by atoms with Gasteiger partial charge in [-0.3, -0.25) is 0 Å². The molecule has 0 aliphatic heterocycles. The van der Waals surface area contributed by atoms with Crippen molar-refractivity contribution >= 4 is 5.82 Å². The highest BCUT2D eigenvalue weighted by molar-refractivity contribution is 5.43. The van der Waals surface area contributed by atoms with E-state index in [0.717, 1.165) is 11.1 Å². The first kappa shape index (κ1) is 14.2. The van der Waals surface area contributed by atoms with Crippen LogP contribution in [0.3, 0.4) is 0 Å². The third kappa shape index (κ3) is 3.04. The topological polar surface area (TPSA) is 73.9 Å². The van der Waals surface area contributed by atoms with Crippen LogP contribution in [0, 0.1) is 6.92 Å². The fourth-order valence-corrected chi connectivity index (χ4v) is 2.12. The van der Waals surface area contributed by atoms with Gasteiger partial charge in [-0.1, -0.05) is 13.8 Å². The molecule has 2 heterocycles. The third-order valence-corrected chi connectivity index (χ3v) is 3.23. The van der Waals surface area contributed by atoms with Crippen molar-refractivity contribution in [3.05, 3.63) is 41.0 Å². The van der Waals surface area contributed by atoms with E-state index in [1.165, 1.54) is 5.56 Å². The average molecular weight is 272 g/mol. The molecule has 5 heteroatoms. The lowest BCUT2D eigenvalue weighted by molar-refractivity contribution is 0.397. The Kier molecular flexibility index (Phi) is 4.17. The van der Waals surface area contributed by atoms with E-state index in [9.17, 15) is 0 Å². The van der Waals surface area contributed by atoms with E-state index in [1.54, 1.807) is 13.3 Å². The molecule has 2 aromatic rings. The number of nitrogens with two attached hydrogens (primary N) is 1. The normalized spacial score (nSPS) is 10.8. The summed E-state index contributed by atoms with van der Waals surface area (Å²) in [7, 11) is 1.62. The van der Waals surface area contributed by atoms with Crippen LogP contribution in [0.15, 0.2) is 18.5 Å². The molecule has 0 aromatic carbocycles. The van der Waals surface area contributed by atoms with E-state index in [-0.39, 0.29) is 0 Å². The van der Waals surface area contributed by atoms with Gasteiger partial charge in [-0.2, -0.15) is 0 Å². The molecule has 2 rings (SSSR count). The first-order valence-electron chi connectivity index (χ1n) is 6.62. The van der Waals surface area contributed by atoms with Crippen molar-refractivity contribution < 1.29 is 4.74 Å². The largest absolute Gasteiger partial charge is 0.481 e. The van der Waals surface area contributed by atoms with Gasteiger partial charge in [0.15, 0.2) is 0 Å². The third-order valence-electron chi connectivity index (χ3n) is 3.23. The summed E-state index contributed by atoms with van der Waals surface area (Å²) >= 11 is 0. The summed E-state index contributed by atoms with van der Waals surface area (Å²) < 4.78 is 5.20. The van der Waals surface area contributed by atoms with Crippen molar-refractivity contribution in [1.82, 2.24) is 15.0 Å². The van der Waals surface area contributed by atoms with Crippen LogP contribution in [0.4, 0.5) is 5.82 Å². The van der Waals surface area contributed by atoms with Gasteiger partial charge in [0.2, 0.25) is 5.88 Å². The van der Waals surface area contributed by atoms with Crippen molar-refractivity contribution in [3.8, 4) is 5.88 Å². The first-order chi connectivity index (χ1) is 9.51. The van der Waals surface area contributed by atoms with Crippen LogP contribution in [-0.4, -0.2) is 22.1 Å². The maximum absolute atomic E-state index is 5.97. The molecular weight excluding hydrogens is 252 g/mol. The van der Waals surface area contributed by atoms with Crippen LogP contribution in [0.25, 0.3) is 0 Å². The van der Waals surface area contributed by atoms with Gasteiger partial charge in [0.25, 0.3) is 0 Å². The van der Waals surface area contributed by atoms with Crippen molar-refractivity contribution in [3.63, 3.8) is 0 Å². The van der Waals surface area contributed by atoms with E-state index < -0.39 is 0 Å². The monoisotopic (exact) mass is 272 g/mol. The molecule has 0 saturated carbocycles. The summed E-state index contributed by atoms with van der Waals surface area (Å²) in [5.41, 5.74) is 9.22. The summed E-state index contributed by atoms with van der Waals surface area (Å²) in [6.07, 6.45) is 4.33. The van der Waals surface area contributed by atoms with Gasteiger partial charge in [-0.05, 0) is 24.0 Å². The Morgan fingerprint density at radius 1 is 1.20 bits per heavy atom. The molecule has 0 aliphatic rings. The zero-order chi connectivity index (χ0) is 14.7. The summed E-state index contributed by atoms with van der Waals surface area (Å²) in [5, 5.41) is 0. The highest BCUT2D eigenvalue weighted by atomic mass is 16.5. The quantitative estimate of drug-likeness (QED) is 0.925. The first-order valence-corrected chi connectivity index (χ1v) is 6.62. The number of aromatic nitrogens is 3. The van der Waals surface area contributed by atoms with Gasteiger partial charge in [-0.15, -0.1) is 0 Å². The van der Waals surface area contributed by atoms with Crippen molar-refractivity contribution in [2.75, 3.05) is 12.8 Å². The molecule has 0 radical (unpaired) electrons. The number of methoxy groups -OCH3 is 1. The van der Waals surface area contributed by atoms with E-state index in [4.69, 9.17) is 10.5 Å². The zero-order valence-electron chi connectivity index (χ0n) is 12.3. The van der Waals surface area contributed by atoms with Crippen LogP contribution < -0.4 is 10.5 Å². The molecule has 0 bridgehead atoms. The maximum atomic E-state index is 5.97. The average Bonchev–Trinajstić information content (AvgIpc) is 2.41. The number of rotatable bonds is 4. The lowest BCUT2D eigenvalue weighted by Crippen LogP contribution is -2.05. The number of aryl methyl sites for hydroxylation is 1. The molecule has 0 amide bonds. The summed E-state index contributed by atoms with van der Waals surface area (Å²) in [6.45, 7) is 6.11. The molecule has 20 heavy (non-hydrogen) atoms. The molecule has 0 saturated heterocycles. The standard InChI is InChI=1S/C15H20N4O/c1-9(2)13-8-18-14(20-4)6-11(13)5-12-7-17-10(3)19-15(12)16/h6-9H,5H2,1-4H3,(H2,16,17,19). The van der Waals surface area contributed by atoms with Gasteiger partial charge in [0.1, 0.15) is 11.6 Å². The van der Waals surface area contributed by atoms with Gasteiger partial charge in [0, 0.05) is 30.4 Å². The summed E-state index contributed by atoms with van der Waals surface area (Å²) in [4.78, 5) is 12.7. The second kappa shape index (κ2) is 5.86. The number of hydrogen-bond donors (Lipinski definition) is 1. The Balaban J connectivity index is 2.40. The molecule has 106 valence electrons. The predicted molar refractivity (Wildman–Crippen MR) is 78.9 cm³/mol. The molecule has 5 nitrogen and oxygen atoms in total. The number of nitrogens with zero attached hydrogens (tertiary/aromatic N) is 3. The summed E-state index contributed by atoms with van der Waals surface area (Å²) in [5.74, 6) is 2.21. The van der Waals surface area contributed by atoms with Crippen LogP contribution in [0.1, 0.15) is 42.3 Å². The van der Waals surface area contributed by atoms with Crippen molar-refractivity contribution in [1.29, 1.82) is 0 Å². The Hall–Kier alpha value is -2.17. The molecular formula is C15H20N4O. The number of anilines is 1. The molecule has 0 atom stereocenters. The zero-order valence-corrected chi connectivity index (χ0v) is 12.3. The highest BCUT2D eigenvalue weighted by Crippen LogP contribution is 2.25. The Labute approximate surface area is 119 Å². The molecule has 2 N–H and O–H groups in total. The SMILES string of the molecule is COc1cc(Cc2cnc(C)nc2N)c(C(C)C)cn1. The van der Waals surface area contributed by atoms with E-state index >= 15 is 0 Å². The molecule has 0 spiro atoms. The van der Waals surface area contributed by atoms with Crippen LogP contribution in [-0.2, 0) is 6.42 Å². The molecule has 0 unspecified atom stereocenters. The molecule has 0 aliphatic carbocycles. The minimum atomic E-state index is 0.385. The van der Waals surface area contributed by atoms with Crippen LogP contribution in [0.2, 0.25) is 0 Å². The van der Waals surface area contributed by atoms with Gasteiger partial charge >= 0.3 is 0 Å². The minimum absolute atomic E-state index is 0.385. The number of hydrogen-bond acceptors (Lipinski definition) is 5. The summed E-state index contributed by atoms with van der Waals surface area (Å²) in [6, 6.07) is 1.95. The second-order valence-corrected chi connectivity index (χ2v) is 5.08. The fourth-order valence-electron chi connectivity index (χ4n) is 2.12. The van der Waals surface area contributed by atoms with E-state index in [0.29, 0.717) is 29.9 Å². The van der Waals surface area contributed by atoms with Crippen LogP contribution >= 0.6 is 0 Å². The number of pyridine rings is 1. The molecule has 0 fully saturated rings. The number of ether oxygens (including phenoxy) is 1. The maximum Gasteiger partial charge on any atom is 0.213 e. The van der Waals surface area contributed by atoms with Gasteiger partial charge < -0.3 is 10.5 Å². The van der Waals surface area contributed by atoms with Crippen molar-refractivity contribution in [2.45, 2.75) is 33.1 Å². The lowest BCUT2D eigenvalue weighted by Gasteiger charge is -2.14. The van der Waals surface area contributed by atoms with E-state index in [1.807, 2.05) is 19.2 Å². The van der Waals surface area contributed by atoms with Gasteiger partial charge in [-0.25, -0.2) is 15.0 Å². The van der Waals surface area contributed by atoms with E-state index in [2.05, 4.69) is 28.8 Å². The van der Waals surface area contributed by atoms with Crippen LogP contribution in [0.5, 0.6) is 5.88 Å². The smallest absolute Gasteiger partial charge is 0.213 e. The predicted octanol–water partition coefficient (Wildman–Crippen LogP) is 2.49. The minimum Gasteiger partial charge on any atom is -0.481 e. The second-order valence-electron chi connectivity index (χ2n) is 5.08. The fraction of sp³-hybridized carbons (Fsp3) is 0.400. The van der Waals surface area contributed by atoms with Crippen molar-refractivity contribution in [2.24, 2.45) is 0 Å². The number of nitrogen functional groups attached to an aromatic ring is 1. The lowest BCUT2D eigenvalue weighted by atomic mass is 9.95. The Morgan fingerprint density at radius 2 is 1.95 bits per heavy atom. The Morgan fingerprint density at radius 3 is 2.55 bits per heavy atom. The highest BCUT2D eigenvalue weighted by Gasteiger charge is 2.12. The van der Waals surface area contributed by atoms with Gasteiger partial charge in [0.05, 0.1) is 7.11 Å². The molecule has 2 aromatic heterocycles. The Bertz CT molecular complexity index is 611.